The van der Waals surface area contributed by atoms with E-state index in [4.69, 9.17) is 9.47 Å². The number of ether oxygens (including phenoxy) is 2. The Hall–Kier alpha value is -2.86. The Labute approximate surface area is 158 Å². The summed E-state index contributed by atoms with van der Waals surface area (Å²) in [4.78, 5) is 24.6. The van der Waals surface area contributed by atoms with Crippen LogP contribution in [0.3, 0.4) is 0 Å². The highest BCUT2D eigenvalue weighted by Gasteiger charge is 2.44. The second kappa shape index (κ2) is 7.04. The molecule has 0 saturated heterocycles. The molecule has 0 unspecified atom stereocenters. The summed E-state index contributed by atoms with van der Waals surface area (Å²) in [5.41, 5.74) is 0.503. The van der Waals surface area contributed by atoms with Crippen LogP contribution >= 0.6 is 0 Å². The Bertz CT molecular complexity index is 890. The number of rotatable bonds is 4. The first-order valence-corrected chi connectivity index (χ1v) is 8.70. The van der Waals surface area contributed by atoms with Crippen LogP contribution < -0.4 is 14.8 Å². The van der Waals surface area contributed by atoms with Gasteiger partial charge in [-0.2, -0.15) is 0 Å². The lowest BCUT2D eigenvalue weighted by molar-refractivity contribution is -0.0627. The predicted octanol–water partition coefficient (Wildman–Crippen LogP) is 2.90. The Morgan fingerprint density at radius 3 is 2.56 bits per heavy atom. The van der Waals surface area contributed by atoms with Gasteiger partial charge in [-0.1, -0.05) is 12.1 Å². The fraction of sp³-hybridized carbons (Fsp3) is 0.333. The molecule has 142 valence electrons. The summed E-state index contributed by atoms with van der Waals surface area (Å²) in [5.74, 6) is 0.481. The molecule has 1 aliphatic heterocycles. The third kappa shape index (κ3) is 3.53. The zero-order valence-corrected chi connectivity index (χ0v) is 15.8. The molecule has 6 heteroatoms. The molecule has 1 amide bonds. The van der Waals surface area contributed by atoms with E-state index in [0.717, 1.165) is 0 Å². The number of carbonyl (C=O) groups is 2. The number of ketones is 1. The molecule has 2 N–H and O–H groups in total. The van der Waals surface area contributed by atoms with Gasteiger partial charge in [0.15, 0.2) is 5.78 Å². The molecule has 2 aromatic carbocycles. The van der Waals surface area contributed by atoms with Crippen LogP contribution in [0.1, 0.15) is 53.1 Å². The summed E-state index contributed by atoms with van der Waals surface area (Å²) in [5, 5.41) is 13.7. The number of fused-ring (bicyclic) bond motifs is 1. The number of methoxy groups -OCH3 is 1. The van der Waals surface area contributed by atoms with Crippen molar-refractivity contribution < 1.29 is 24.2 Å². The van der Waals surface area contributed by atoms with Gasteiger partial charge in [0.1, 0.15) is 23.2 Å². The minimum Gasteiger partial charge on any atom is -0.496 e. The van der Waals surface area contributed by atoms with E-state index in [0.29, 0.717) is 28.2 Å². The van der Waals surface area contributed by atoms with E-state index in [2.05, 4.69) is 5.32 Å². The first-order chi connectivity index (χ1) is 12.7. The molecule has 0 bridgehead atoms. The monoisotopic (exact) mass is 369 g/mol. The van der Waals surface area contributed by atoms with Crippen LogP contribution in [0.15, 0.2) is 42.5 Å². The standard InChI is InChI=1S/C21H23NO5/c1-12(23)13-9-10-17-15(11-13)18(19(24)21(2,3)27-17)22-20(25)14-7-5-6-8-16(14)26-4/h5-11,18-19,24H,1-4H3,(H,22,25)/t18-,19+/m1/s1. The summed E-state index contributed by atoms with van der Waals surface area (Å²) in [6.45, 7) is 4.97. The van der Waals surface area contributed by atoms with Gasteiger partial charge in [-0.3, -0.25) is 9.59 Å². The maximum Gasteiger partial charge on any atom is 0.255 e. The molecular formula is C21H23NO5. The van der Waals surface area contributed by atoms with Crippen LogP contribution in [-0.4, -0.2) is 35.6 Å². The van der Waals surface area contributed by atoms with Gasteiger partial charge in [-0.05, 0) is 51.1 Å². The quantitative estimate of drug-likeness (QED) is 0.810. The maximum atomic E-state index is 12.9. The number of benzene rings is 2. The lowest BCUT2D eigenvalue weighted by atomic mass is 9.85. The molecule has 0 aliphatic carbocycles. The van der Waals surface area contributed by atoms with Crippen molar-refractivity contribution in [2.75, 3.05) is 7.11 Å². The molecule has 0 aromatic heterocycles. The van der Waals surface area contributed by atoms with Crippen LogP contribution in [0.4, 0.5) is 0 Å². The number of aliphatic hydroxyl groups is 1. The van der Waals surface area contributed by atoms with Crippen molar-refractivity contribution in [2.24, 2.45) is 0 Å². The normalized spacial score (nSPS) is 20.2. The predicted molar refractivity (Wildman–Crippen MR) is 100 cm³/mol. The van der Waals surface area contributed by atoms with Gasteiger partial charge < -0.3 is 19.9 Å². The highest BCUT2D eigenvalue weighted by molar-refractivity contribution is 5.97. The van der Waals surface area contributed by atoms with Crippen molar-refractivity contribution in [3.63, 3.8) is 0 Å². The number of amides is 1. The van der Waals surface area contributed by atoms with E-state index in [1.807, 2.05) is 0 Å². The third-order valence-electron chi connectivity index (χ3n) is 4.79. The fourth-order valence-electron chi connectivity index (χ4n) is 3.23. The van der Waals surface area contributed by atoms with E-state index in [-0.39, 0.29) is 11.7 Å². The van der Waals surface area contributed by atoms with Gasteiger partial charge in [0, 0.05) is 11.1 Å². The van der Waals surface area contributed by atoms with E-state index >= 15 is 0 Å². The second-order valence-corrected chi connectivity index (χ2v) is 7.11. The first-order valence-electron chi connectivity index (χ1n) is 8.70. The van der Waals surface area contributed by atoms with Crippen molar-refractivity contribution in [2.45, 2.75) is 38.5 Å². The smallest absolute Gasteiger partial charge is 0.255 e. The van der Waals surface area contributed by atoms with Crippen molar-refractivity contribution in [1.82, 2.24) is 5.32 Å². The topological polar surface area (TPSA) is 84.9 Å². The summed E-state index contributed by atoms with van der Waals surface area (Å²) in [6, 6.07) is 11.2. The third-order valence-corrected chi connectivity index (χ3v) is 4.79. The van der Waals surface area contributed by atoms with E-state index < -0.39 is 17.7 Å². The minimum absolute atomic E-state index is 0.105. The summed E-state index contributed by atoms with van der Waals surface area (Å²) >= 11 is 0. The molecule has 0 radical (unpaired) electrons. The van der Waals surface area contributed by atoms with Gasteiger partial charge >= 0.3 is 0 Å². The highest BCUT2D eigenvalue weighted by atomic mass is 16.5. The lowest BCUT2D eigenvalue weighted by Gasteiger charge is -2.42. The molecule has 0 spiro atoms. The minimum atomic E-state index is -1.01. The average Bonchev–Trinajstić information content (AvgIpc) is 2.64. The molecule has 0 saturated carbocycles. The average molecular weight is 369 g/mol. The first kappa shape index (κ1) is 18.9. The molecular weight excluding hydrogens is 346 g/mol. The molecule has 6 nitrogen and oxygen atoms in total. The number of hydrogen-bond donors (Lipinski definition) is 2. The number of para-hydroxylation sites is 1. The van der Waals surface area contributed by atoms with Crippen molar-refractivity contribution in [1.29, 1.82) is 0 Å². The SMILES string of the molecule is COc1ccccc1C(=O)N[C@@H]1c2cc(C(C)=O)ccc2OC(C)(C)[C@H]1O. The Balaban J connectivity index is 2.02. The van der Waals surface area contributed by atoms with E-state index in [1.54, 1.807) is 56.3 Å². The van der Waals surface area contributed by atoms with Crippen molar-refractivity contribution >= 4 is 11.7 Å². The molecule has 1 heterocycles. The fourth-order valence-corrected chi connectivity index (χ4v) is 3.23. The highest BCUT2D eigenvalue weighted by Crippen LogP contribution is 2.40. The van der Waals surface area contributed by atoms with Crippen molar-refractivity contribution in [3.8, 4) is 11.5 Å². The van der Waals surface area contributed by atoms with Crippen LogP contribution in [-0.2, 0) is 0 Å². The van der Waals surface area contributed by atoms with E-state index in [9.17, 15) is 14.7 Å². The molecule has 3 rings (SSSR count). The molecule has 2 atom stereocenters. The summed E-state index contributed by atoms with van der Waals surface area (Å²) < 4.78 is 11.1. The lowest BCUT2D eigenvalue weighted by Crippen LogP contribution is -2.53. The van der Waals surface area contributed by atoms with Crippen LogP contribution in [0.5, 0.6) is 11.5 Å². The van der Waals surface area contributed by atoms with Gasteiger partial charge in [0.05, 0.1) is 18.7 Å². The molecule has 0 fully saturated rings. The second-order valence-electron chi connectivity index (χ2n) is 7.11. The van der Waals surface area contributed by atoms with E-state index in [1.165, 1.54) is 14.0 Å². The van der Waals surface area contributed by atoms with Crippen molar-refractivity contribution in [3.05, 3.63) is 59.2 Å². The van der Waals surface area contributed by atoms with Crippen LogP contribution in [0, 0.1) is 0 Å². The van der Waals surface area contributed by atoms with Crippen LogP contribution in [0.25, 0.3) is 0 Å². The van der Waals surface area contributed by atoms with Gasteiger partial charge in [-0.15, -0.1) is 0 Å². The van der Waals surface area contributed by atoms with Gasteiger partial charge in [0.2, 0.25) is 0 Å². The Morgan fingerprint density at radius 1 is 1.19 bits per heavy atom. The number of Topliss-reactive ketones (excluding diaryl/α,β-unsaturated/α-hetero) is 1. The van der Waals surface area contributed by atoms with Crippen LogP contribution in [0.2, 0.25) is 0 Å². The summed E-state index contributed by atoms with van der Waals surface area (Å²) in [7, 11) is 1.49. The molecule has 2 aromatic rings. The number of aliphatic hydroxyl groups excluding tert-OH is 1. The molecule has 1 aliphatic rings. The Morgan fingerprint density at radius 2 is 1.89 bits per heavy atom. The van der Waals surface area contributed by atoms with Gasteiger partial charge in [0.25, 0.3) is 5.91 Å². The zero-order chi connectivity index (χ0) is 19.8. The zero-order valence-electron chi connectivity index (χ0n) is 15.8. The maximum absolute atomic E-state index is 12.9. The Kier molecular flexibility index (Phi) is 4.93. The largest absolute Gasteiger partial charge is 0.496 e. The number of hydrogen-bond acceptors (Lipinski definition) is 5. The molecule has 27 heavy (non-hydrogen) atoms. The summed E-state index contributed by atoms with van der Waals surface area (Å²) in [6.07, 6.45) is -1.01. The number of nitrogens with one attached hydrogen (secondary N) is 1. The number of carbonyl (C=O) groups excluding carboxylic acids is 2. The van der Waals surface area contributed by atoms with Gasteiger partial charge in [-0.25, -0.2) is 0 Å².